The van der Waals surface area contributed by atoms with Crippen LogP contribution in [-0.2, 0) is 11.2 Å². The molecule has 1 unspecified atom stereocenters. The van der Waals surface area contributed by atoms with Crippen LogP contribution in [0.15, 0.2) is 24.3 Å². The highest BCUT2D eigenvalue weighted by molar-refractivity contribution is 5.94. The van der Waals surface area contributed by atoms with Gasteiger partial charge in [0.05, 0.1) is 18.3 Å². The minimum absolute atomic E-state index is 0.0145. The van der Waals surface area contributed by atoms with Crippen molar-refractivity contribution in [2.24, 2.45) is 0 Å². The molecular formula is C18H24O7. The molecule has 138 valence electrons. The molecule has 7 nitrogen and oxygen atoms in total. The Balaban J connectivity index is 2.35. The third kappa shape index (κ3) is 5.19. The minimum Gasteiger partial charge on any atom is -0.508 e. The lowest BCUT2D eigenvalue weighted by Crippen LogP contribution is -2.26. The van der Waals surface area contributed by atoms with Crippen LogP contribution in [0.25, 0.3) is 0 Å². The molecule has 0 aromatic heterocycles. The molecule has 1 aromatic rings. The van der Waals surface area contributed by atoms with Gasteiger partial charge in [0.25, 0.3) is 0 Å². The van der Waals surface area contributed by atoms with Crippen molar-refractivity contribution in [2.75, 3.05) is 0 Å². The average molecular weight is 352 g/mol. The largest absolute Gasteiger partial charge is 0.508 e. The second kappa shape index (κ2) is 8.33. The average Bonchev–Trinajstić information content (AvgIpc) is 2.50. The van der Waals surface area contributed by atoms with E-state index in [1.54, 1.807) is 13.0 Å². The SMILES string of the molecule is C[C@H]1C/C=C/[C@@H](O)[C@@H](O)CCC(O)Cc2cc(O)cc(O)c2C(=O)O1. The van der Waals surface area contributed by atoms with Gasteiger partial charge in [0.15, 0.2) is 0 Å². The molecule has 1 heterocycles. The topological polar surface area (TPSA) is 127 Å². The number of rotatable bonds is 0. The number of benzene rings is 1. The van der Waals surface area contributed by atoms with Crippen LogP contribution < -0.4 is 0 Å². The van der Waals surface area contributed by atoms with Gasteiger partial charge in [-0.1, -0.05) is 12.2 Å². The van der Waals surface area contributed by atoms with Crippen molar-refractivity contribution in [2.45, 2.75) is 57.0 Å². The highest BCUT2D eigenvalue weighted by atomic mass is 16.5. The highest BCUT2D eigenvalue weighted by Gasteiger charge is 2.24. The number of esters is 1. The second-order valence-electron chi connectivity index (χ2n) is 6.37. The number of phenolic OH excluding ortho intramolecular Hbond substituents is 2. The summed E-state index contributed by atoms with van der Waals surface area (Å²) >= 11 is 0. The molecule has 0 saturated carbocycles. The molecule has 25 heavy (non-hydrogen) atoms. The maximum atomic E-state index is 12.4. The Morgan fingerprint density at radius 1 is 1.12 bits per heavy atom. The lowest BCUT2D eigenvalue weighted by atomic mass is 9.96. The van der Waals surface area contributed by atoms with E-state index in [0.717, 1.165) is 6.07 Å². The smallest absolute Gasteiger partial charge is 0.342 e. The summed E-state index contributed by atoms with van der Waals surface area (Å²) in [6.45, 7) is 1.66. The Kier molecular flexibility index (Phi) is 6.41. The summed E-state index contributed by atoms with van der Waals surface area (Å²) in [6.07, 6.45) is 0.122. The molecule has 0 spiro atoms. The summed E-state index contributed by atoms with van der Waals surface area (Å²) in [4.78, 5) is 12.4. The summed E-state index contributed by atoms with van der Waals surface area (Å²) in [5.74, 6) is -1.40. The molecule has 7 heteroatoms. The summed E-state index contributed by atoms with van der Waals surface area (Å²) in [5.41, 5.74) is 0.162. The number of cyclic esters (lactones) is 1. The van der Waals surface area contributed by atoms with Gasteiger partial charge >= 0.3 is 5.97 Å². The van der Waals surface area contributed by atoms with Crippen molar-refractivity contribution < 1.29 is 35.1 Å². The molecule has 4 atom stereocenters. The monoisotopic (exact) mass is 352 g/mol. The molecule has 0 bridgehead atoms. The summed E-state index contributed by atoms with van der Waals surface area (Å²) in [7, 11) is 0. The first-order chi connectivity index (χ1) is 11.8. The van der Waals surface area contributed by atoms with Gasteiger partial charge in [-0.3, -0.25) is 0 Å². The zero-order valence-electron chi connectivity index (χ0n) is 14.0. The fraction of sp³-hybridized carbons (Fsp3) is 0.500. The molecule has 1 aliphatic rings. The predicted octanol–water partition coefficient (Wildman–Crippen LogP) is 1.01. The number of carbonyl (C=O) groups excluding carboxylic acids is 1. The summed E-state index contributed by atoms with van der Waals surface area (Å²) in [5, 5.41) is 49.6. The van der Waals surface area contributed by atoms with Crippen LogP contribution in [0.2, 0.25) is 0 Å². The third-order valence-electron chi connectivity index (χ3n) is 4.14. The Morgan fingerprint density at radius 2 is 1.84 bits per heavy atom. The van der Waals surface area contributed by atoms with E-state index < -0.39 is 36.1 Å². The van der Waals surface area contributed by atoms with Crippen LogP contribution in [0.3, 0.4) is 0 Å². The minimum atomic E-state index is -1.07. The van der Waals surface area contributed by atoms with Gasteiger partial charge in [0.2, 0.25) is 0 Å². The third-order valence-corrected chi connectivity index (χ3v) is 4.14. The maximum Gasteiger partial charge on any atom is 0.342 e. The number of aliphatic hydroxyl groups is 3. The van der Waals surface area contributed by atoms with Crippen molar-refractivity contribution >= 4 is 5.97 Å². The van der Waals surface area contributed by atoms with Crippen LogP contribution in [0.4, 0.5) is 0 Å². The lowest BCUT2D eigenvalue weighted by Gasteiger charge is -2.20. The maximum absolute atomic E-state index is 12.4. The van der Waals surface area contributed by atoms with Crippen molar-refractivity contribution in [1.82, 2.24) is 0 Å². The van der Waals surface area contributed by atoms with Crippen molar-refractivity contribution in [1.29, 1.82) is 0 Å². The molecule has 5 N–H and O–H groups in total. The van der Waals surface area contributed by atoms with E-state index in [1.807, 2.05) is 0 Å². The second-order valence-corrected chi connectivity index (χ2v) is 6.37. The normalized spacial score (nSPS) is 30.0. The van der Waals surface area contributed by atoms with Crippen LogP contribution in [0.1, 0.15) is 42.1 Å². The van der Waals surface area contributed by atoms with Gasteiger partial charge in [0.1, 0.15) is 23.2 Å². The zero-order valence-corrected chi connectivity index (χ0v) is 14.0. The molecule has 0 aliphatic carbocycles. The molecular weight excluding hydrogens is 328 g/mol. The molecule has 0 saturated heterocycles. The standard InChI is InChI=1S/C18H24O7/c1-10-3-2-4-14(21)15(22)6-5-12(19)7-11-8-13(20)9-16(23)17(11)18(24)25-10/h2,4,8-10,12,14-15,19-23H,3,5-7H2,1H3/b4-2+/t10-,12?,14+,15-/m0/s1. The Morgan fingerprint density at radius 3 is 2.56 bits per heavy atom. The van der Waals surface area contributed by atoms with Crippen molar-refractivity contribution in [3.05, 3.63) is 35.4 Å². The zero-order chi connectivity index (χ0) is 18.6. The van der Waals surface area contributed by atoms with Gasteiger partial charge in [-0.15, -0.1) is 0 Å². The van der Waals surface area contributed by atoms with Crippen molar-refractivity contribution in [3.63, 3.8) is 0 Å². The van der Waals surface area contributed by atoms with Gasteiger partial charge < -0.3 is 30.3 Å². The number of hydrogen-bond donors (Lipinski definition) is 5. The van der Waals surface area contributed by atoms with E-state index in [1.165, 1.54) is 12.1 Å². The first kappa shape index (κ1) is 19.2. The number of phenols is 2. The fourth-order valence-corrected chi connectivity index (χ4v) is 2.78. The Hall–Kier alpha value is -2.09. The van der Waals surface area contributed by atoms with Gasteiger partial charge in [-0.2, -0.15) is 0 Å². The molecule has 0 fully saturated rings. The Bertz CT molecular complexity index is 641. The van der Waals surface area contributed by atoms with E-state index in [2.05, 4.69) is 0 Å². The van der Waals surface area contributed by atoms with E-state index in [4.69, 9.17) is 4.74 Å². The van der Waals surface area contributed by atoms with E-state index >= 15 is 0 Å². The number of aromatic hydroxyl groups is 2. The van der Waals surface area contributed by atoms with E-state index in [9.17, 15) is 30.3 Å². The quantitative estimate of drug-likeness (QED) is 0.348. The van der Waals surface area contributed by atoms with E-state index in [-0.39, 0.29) is 36.1 Å². The first-order valence-corrected chi connectivity index (χ1v) is 8.24. The molecule has 1 aliphatic heterocycles. The summed E-state index contributed by atoms with van der Waals surface area (Å²) in [6, 6.07) is 2.33. The van der Waals surface area contributed by atoms with Crippen LogP contribution in [0, 0.1) is 0 Å². The highest BCUT2D eigenvalue weighted by Crippen LogP contribution is 2.30. The lowest BCUT2D eigenvalue weighted by molar-refractivity contribution is 0.0285. The number of fused-ring (bicyclic) bond motifs is 1. The first-order valence-electron chi connectivity index (χ1n) is 8.24. The predicted molar refractivity (Wildman–Crippen MR) is 89.4 cm³/mol. The summed E-state index contributed by atoms with van der Waals surface area (Å²) < 4.78 is 5.28. The van der Waals surface area contributed by atoms with Crippen molar-refractivity contribution in [3.8, 4) is 11.5 Å². The number of hydrogen-bond acceptors (Lipinski definition) is 7. The number of aliphatic hydroxyl groups excluding tert-OH is 3. The molecule has 1 aromatic carbocycles. The van der Waals surface area contributed by atoms with Crippen LogP contribution >= 0.6 is 0 Å². The molecule has 0 amide bonds. The van der Waals surface area contributed by atoms with E-state index in [0.29, 0.717) is 6.42 Å². The van der Waals surface area contributed by atoms with Gasteiger partial charge in [0, 0.05) is 12.5 Å². The van der Waals surface area contributed by atoms with Gasteiger partial charge in [-0.25, -0.2) is 4.79 Å². The van der Waals surface area contributed by atoms with Gasteiger partial charge in [-0.05, 0) is 37.8 Å². The number of carbonyl (C=O) groups is 1. The van der Waals surface area contributed by atoms with Crippen LogP contribution in [0.5, 0.6) is 11.5 Å². The molecule has 2 rings (SSSR count). The van der Waals surface area contributed by atoms with Crippen LogP contribution in [-0.4, -0.2) is 55.9 Å². The molecule has 0 radical (unpaired) electrons. The number of ether oxygens (including phenoxy) is 1. The fourth-order valence-electron chi connectivity index (χ4n) is 2.78. The Labute approximate surface area is 145 Å².